The lowest BCUT2D eigenvalue weighted by Crippen LogP contribution is -2.20. The summed E-state index contributed by atoms with van der Waals surface area (Å²) in [6.45, 7) is 13.4. The van der Waals surface area contributed by atoms with Gasteiger partial charge < -0.3 is 18.9 Å². The van der Waals surface area contributed by atoms with Gasteiger partial charge in [-0.25, -0.2) is 9.59 Å². The van der Waals surface area contributed by atoms with Crippen LogP contribution in [-0.4, -0.2) is 38.4 Å². The standard InChI is InChI=1S/C28H31ClO6/c1-16(2)26(30)34-12-10-32-24-21-14-19(29)6-7-20(21)25(33-11-13-35-27(31)17(3)4)23-22(24)18-8-9-28(23,5)15-18/h6-7,14,18H,1,3,8-13,15H2,2,4-5H3. The molecule has 2 aromatic carbocycles. The van der Waals surface area contributed by atoms with Gasteiger partial charge in [0.05, 0.1) is 0 Å². The van der Waals surface area contributed by atoms with Crippen molar-refractivity contribution in [3.05, 3.63) is 58.7 Å². The molecule has 0 radical (unpaired) electrons. The molecule has 0 aromatic heterocycles. The fraction of sp³-hybridized carbons (Fsp3) is 0.429. The number of hydrogen-bond donors (Lipinski definition) is 0. The Bertz CT molecular complexity index is 1220. The molecule has 0 heterocycles. The van der Waals surface area contributed by atoms with E-state index in [1.165, 1.54) is 0 Å². The van der Waals surface area contributed by atoms with Crippen LogP contribution in [0, 0.1) is 0 Å². The minimum Gasteiger partial charge on any atom is -0.489 e. The molecule has 0 amide bonds. The summed E-state index contributed by atoms with van der Waals surface area (Å²) in [4.78, 5) is 23.5. The van der Waals surface area contributed by atoms with Gasteiger partial charge in [-0.1, -0.05) is 31.7 Å². The summed E-state index contributed by atoms with van der Waals surface area (Å²) in [7, 11) is 0. The summed E-state index contributed by atoms with van der Waals surface area (Å²) in [6, 6.07) is 5.66. The molecule has 35 heavy (non-hydrogen) atoms. The van der Waals surface area contributed by atoms with E-state index in [2.05, 4.69) is 20.1 Å². The average Bonchev–Trinajstić information content (AvgIpc) is 3.33. The van der Waals surface area contributed by atoms with Crippen LogP contribution in [0.5, 0.6) is 11.5 Å². The van der Waals surface area contributed by atoms with Crippen molar-refractivity contribution in [1.82, 2.24) is 0 Å². The molecule has 0 saturated heterocycles. The van der Waals surface area contributed by atoms with E-state index in [0.717, 1.165) is 52.7 Å². The summed E-state index contributed by atoms with van der Waals surface area (Å²) in [5.74, 6) is 1.06. The summed E-state index contributed by atoms with van der Waals surface area (Å²) < 4.78 is 23.0. The lowest BCUT2D eigenvalue weighted by Gasteiger charge is -2.30. The Balaban J connectivity index is 1.68. The van der Waals surface area contributed by atoms with Crippen LogP contribution in [0.2, 0.25) is 5.02 Å². The van der Waals surface area contributed by atoms with Crippen LogP contribution in [0.4, 0.5) is 0 Å². The highest BCUT2D eigenvalue weighted by molar-refractivity contribution is 6.31. The number of carbonyl (C=O) groups is 2. The molecule has 2 aromatic rings. The largest absolute Gasteiger partial charge is 0.489 e. The Labute approximate surface area is 210 Å². The minimum absolute atomic E-state index is 0.0257. The van der Waals surface area contributed by atoms with E-state index >= 15 is 0 Å². The molecule has 0 N–H and O–H groups in total. The number of carbonyl (C=O) groups excluding carboxylic acids is 2. The van der Waals surface area contributed by atoms with Gasteiger partial charge in [-0.3, -0.25) is 0 Å². The Morgan fingerprint density at radius 1 is 0.971 bits per heavy atom. The van der Waals surface area contributed by atoms with Gasteiger partial charge in [0.15, 0.2) is 0 Å². The fourth-order valence-corrected chi connectivity index (χ4v) is 5.40. The van der Waals surface area contributed by atoms with Gasteiger partial charge in [0.25, 0.3) is 0 Å². The molecule has 0 spiro atoms. The Morgan fingerprint density at radius 3 is 2.17 bits per heavy atom. The van der Waals surface area contributed by atoms with Crippen LogP contribution in [0.3, 0.4) is 0 Å². The van der Waals surface area contributed by atoms with Crippen LogP contribution < -0.4 is 9.47 Å². The monoisotopic (exact) mass is 498 g/mol. The van der Waals surface area contributed by atoms with Gasteiger partial charge in [0.1, 0.15) is 37.9 Å². The normalized spacial score (nSPS) is 19.8. The second-order valence-electron chi connectivity index (χ2n) is 9.67. The fourth-order valence-electron chi connectivity index (χ4n) is 5.23. The SMILES string of the molecule is C=C(C)C(=O)OCCOc1c2c(c(OCCOC(=O)C(=C)C)c3ccc(Cl)cc13)C1(C)CCC2C1. The molecule has 0 aliphatic heterocycles. The van der Waals surface area contributed by atoms with Crippen LogP contribution in [-0.2, 0) is 24.5 Å². The summed E-state index contributed by atoms with van der Waals surface area (Å²) >= 11 is 6.39. The second-order valence-corrected chi connectivity index (χ2v) is 10.1. The molecular formula is C28H31ClO6. The van der Waals surface area contributed by atoms with E-state index in [-0.39, 0.29) is 31.8 Å². The number of halogens is 1. The second kappa shape index (κ2) is 9.94. The van der Waals surface area contributed by atoms with Crippen molar-refractivity contribution in [1.29, 1.82) is 0 Å². The van der Waals surface area contributed by atoms with Gasteiger partial charge in [0, 0.05) is 38.1 Å². The van der Waals surface area contributed by atoms with E-state index in [1.54, 1.807) is 13.8 Å². The van der Waals surface area contributed by atoms with Gasteiger partial charge in [-0.05, 0) is 62.6 Å². The van der Waals surface area contributed by atoms with Crippen LogP contribution >= 0.6 is 11.6 Å². The highest BCUT2D eigenvalue weighted by atomic mass is 35.5. The molecule has 2 atom stereocenters. The number of rotatable bonds is 10. The molecule has 2 aliphatic carbocycles. The smallest absolute Gasteiger partial charge is 0.333 e. The van der Waals surface area contributed by atoms with Gasteiger partial charge in [0.2, 0.25) is 0 Å². The first-order valence-corrected chi connectivity index (χ1v) is 12.2. The van der Waals surface area contributed by atoms with E-state index in [0.29, 0.717) is 22.1 Å². The summed E-state index contributed by atoms with van der Waals surface area (Å²) in [6.07, 6.45) is 3.17. The Hall–Kier alpha value is -2.99. The van der Waals surface area contributed by atoms with Gasteiger partial charge in [-0.2, -0.15) is 0 Å². The molecule has 2 bridgehead atoms. The molecule has 1 fully saturated rings. The first-order chi connectivity index (χ1) is 16.6. The van der Waals surface area contributed by atoms with E-state index in [1.807, 2.05) is 18.2 Å². The highest BCUT2D eigenvalue weighted by Crippen LogP contribution is 2.64. The van der Waals surface area contributed by atoms with E-state index < -0.39 is 11.9 Å². The zero-order chi connectivity index (χ0) is 25.3. The number of esters is 2. The molecule has 6 nitrogen and oxygen atoms in total. The number of fused-ring (bicyclic) bond motifs is 6. The number of benzene rings is 2. The van der Waals surface area contributed by atoms with Crippen LogP contribution in [0.1, 0.15) is 57.1 Å². The predicted octanol–water partition coefficient (Wildman–Crippen LogP) is 6.03. The zero-order valence-corrected chi connectivity index (χ0v) is 21.3. The number of ether oxygens (including phenoxy) is 4. The lowest BCUT2D eigenvalue weighted by atomic mass is 9.78. The average molecular weight is 499 g/mol. The van der Waals surface area contributed by atoms with Crippen molar-refractivity contribution >= 4 is 34.3 Å². The maximum absolute atomic E-state index is 11.8. The topological polar surface area (TPSA) is 71.1 Å². The summed E-state index contributed by atoms with van der Waals surface area (Å²) in [5, 5.41) is 2.33. The molecule has 2 aliphatic rings. The third-order valence-electron chi connectivity index (χ3n) is 6.79. The lowest BCUT2D eigenvalue weighted by molar-refractivity contribution is -0.140. The maximum atomic E-state index is 11.8. The molecule has 4 rings (SSSR count). The van der Waals surface area contributed by atoms with Gasteiger partial charge in [-0.15, -0.1) is 0 Å². The van der Waals surface area contributed by atoms with Crippen LogP contribution in [0.25, 0.3) is 10.8 Å². The summed E-state index contributed by atoms with van der Waals surface area (Å²) in [5.41, 5.74) is 2.98. The van der Waals surface area contributed by atoms with Crippen molar-refractivity contribution in [2.75, 3.05) is 26.4 Å². The predicted molar refractivity (Wildman–Crippen MR) is 135 cm³/mol. The quantitative estimate of drug-likeness (QED) is 0.226. The molecular weight excluding hydrogens is 468 g/mol. The molecule has 7 heteroatoms. The highest BCUT2D eigenvalue weighted by Gasteiger charge is 2.50. The first kappa shape index (κ1) is 25.1. The third-order valence-corrected chi connectivity index (χ3v) is 7.02. The minimum atomic E-state index is -0.436. The van der Waals surface area contributed by atoms with Crippen molar-refractivity contribution < 1.29 is 28.5 Å². The van der Waals surface area contributed by atoms with Crippen molar-refractivity contribution in [2.24, 2.45) is 0 Å². The third kappa shape index (κ3) is 4.90. The van der Waals surface area contributed by atoms with Crippen molar-refractivity contribution in [3.8, 4) is 11.5 Å². The Morgan fingerprint density at radius 2 is 1.57 bits per heavy atom. The molecule has 186 valence electrons. The van der Waals surface area contributed by atoms with Crippen molar-refractivity contribution in [3.63, 3.8) is 0 Å². The first-order valence-electron chi connectivity index (χ1n) is 11.8. The molecule has 2 unspecified atom stereocenters. The van der Waals surface area contributed by atoms with Crippen molar-refractivity contribution in [2.45, 2.75) is 51.4 Å². The maximum Gasteiger partial charge on any atom is 0.333 e. The van der Waals surface area contributed by atoms with E-state index in [9.17, 15) is 9.59 Å². The Kier molecular flexibility index (Phi) is 7.13. The van der Waals surface area contributed by atoms with Gasteiger partial charge >= 0.3 is 11.9 Å². The number of hydrogen-bond acceptors (Lipinski definition) is 6. The van der Waals surface area contributed by atoms with E-state index in [4.69, 9.17) is 30.5 Å². The zero-order valence-electron chi connectivity index (χ0n) is 20.5. The molecule has 1 saturated carbocycles. The van der Waals surface area contributed by atoms with Crippen LogP contribution in [0.15, 0.2) is 42.5 Å².